The third kappa shape index (κ3) is 5.16. The van der Waals surface area contributed by atoms with Crippen molar-refractivity contribution in [3.63, 3.8) is 0 Å². The first kappa shape index (κ1) is 17.1. The number of hydrazine groups is 1. The van der Waals surface area contributed by atoms with E-state index in [0.29, 0.717) is 17.1 Å². The molecule has 0 bridgehead atoms. The predicted molar refractivity (Wildman–Crippen MR) is 84.0 cm³/mol. The first-order chi connectivity index (χ1) is 11.6. The van der Waals surface area contributed by atoms with Crippen LogP contribution in [0.1, 0.15) is 16.1 Å². The highest BCUT2D eigenvalue weighted by Gasteiger charge is 2.12. The van der Waals surface area contributed by atoms with Crippen LogP contribution in [-0.4, -0.2) is 30.9 Å². The number of carbonyl (C=O) groups is 3. The lowest BCUT2D eigenvalue weighted by atomic mass is 10.2. The third-order valence-electron chi connectivity index (χ3n) is 2.98. The third-order valence-corrected chi connectivity index (χ3v) is 2.98. The van der Waals surface area contributed by atoms with E-state index in [2.05, 4.69) is 16.2 Å². The Labute approximate surface area is 138 Å². The number of aryl methyl sites for hydroxylation is 1. The number of para-hydroxylation sites is 1. The second kappa shape index (κ2) is 8.37. The van der Waals surface area contributed by atoms with Crippen molar-refractivity contribution in [2.75, 3.05) is 13.2 Å². The van der Waals surface area contributed by atoms with Crippen molar-refractivity contribution in [1.29, 1.82) is 0 Å². The highest BCUT2D eigenvalue weighted by Crippen LogP contribution is 2.08. The molecule has 0 aliphatic heterocycles. The van der Waals surface area contributed by atoms with Crippen LogP contribution in [0.5, 0.6) is 5.75 Å². The molecule has 0 spiro atoms. The van der Waals surface area contributed by atoms with E-state index in [0.717, 1.165) is 0 Å². The fourth-order valence-electron chi connectivity index (χ4n) is 1.75. The molecule has 1 heterocycles. The smallest absolute Gasteiger partial charge is 0.273 e. The number of carbonyl (C=O) groups excluding carboxylic acids is 3. The van der Waals surface area contributed by atoms with Gasteiger partial charge in [0.05, 0.1) is 18.4 Å². The van der Waals surface area contributed by atoms with Crippen LogP contribution in [0.4, 0.5) is 0 Å². The second-order valence-electron chi connectivity index (χ2n) is 4.77. The summed E-state index contributed by atoms with van der Waals surface area (Å²) in [6.07, 6.45) is 1.37. The Balaban J connectivity index is 1.65. The minimum absolute atomic E-state index is 0.210. The summed E-state index contributed by atoms with van der Waals surface area (Å²) in [5.41, 5.74) is 4.73. The van der Waals surface area contributed by atoms with Crippen LogP contribution in [0, 0.1) is 6.92 Å². The number of amides is 3. The quantitative estimate of drug-likeness (QED) is 0.670. The highest BCUT2D eigenvalue weighted by atomic mass is 16.5. The van der Waals surface area contributed by atoms with Gasteiger partial charge in [-0.1, -0.05) is 18.2 Å². The maximum atomic E-state index is 11.7. The highest BCUT2D eigenvalue weighted by molar-refractivity contribution is 5.96. The van der Waals surface area contributed by atoms with E-state index in [1.165, 1.54) is 12.3 Å². The van der Waals surface area contributed by atoms with Crippen molar-refractivity contribution in [3.8, 4) is 5.75 Å². The Bertz CT molecular complexity index is 712. The van der Waals surface area contributed by atoms with Crippen molar-refractivity contribution in [3.05, 3.63) is 54.0 Å². The first-order valence-electron chi connectivity index (χ1n) is 7.14. The topological polar surface area (TPSA) is 110 Å². The minimum Gasteiger partial charge on any atom is -0.484 e. The molecule has 0 radical (unpaired) electrons. The molecule has 0 atom stereocenters. The molecule has 3 N–H and O–H groups in total. The van der Waals surface area contributed by atoms with E-state index in [4.69, 9.17) is 9.15 Å². The molecule has 0 aliphatic rings. The molecule has 1 aromatic carbocycles. The predicted octanol–water partition coefficient (Wildman–Crippen LogP) is 0.544. The van der Waals surface area contributed by atoms with Crippen molar-refractivity contribution in [2.45, 2.75) is 6.92 Å². The number of ether oxygens (including phenoxy) is 1. The minimum atomic E-state index is -0.572. The van der Waals surface area contributed by atoms with E-state index in [9.17, 15) is 14.4 Å². The second-order valence-corrected chi connectivity index (χ2v) is 4.77. The maximum Gasteiger partial charge on any atom is 0.273 e. The van der Waals surface area contributed by atoms with Crippen LogP contribution in [0.25, 0.3) is 0 Å². The molecule has 8 heteroatoms. The zero-order valence-corrected chi connectivity index (χ0v) is 13.0. The normalized spacial score (nSPS) is 9.88. The SMILES string of the molecule is Cc1occc1C(=O)NNC(=O)CNC(=O)COc1ccccc1. The largest absolute Gasteiger partial charge is 0.484 e. The lowest BCUT2D eigenvalue weighted by Gasteiger charge is -2.09. The van der Waals surface area contributed by atoms with Gasteiger partial charge >= 0.3 is 0 Å². The van der Waals surface area contributed by atoms with Crippen LogP contribution in [0.2, 0.25) is 0 Å². The zero-order chi connectivity index (χ0) is 17.4. The summed E-state index contributed by atoms with van der Waals surface area (Å²) >= 11 is 0. The van der Waals surface area contributed by atoms with Crippen molar-refractivity contribution in [2.24, 2.45) is 0 Å². The van der Waals surface area contributed by atoms with E-state index in [1.807, 2.05) is 6.07 Å². The van der Waals surface area contributed by atoms with E-state index >= 15 is 0 Å². The van der Waals surface area contributed by atoms with Gasteiger partial charge in [-0.25, -0.2) is 0 Å². The van der Waals surface area contributed by atoms with Gasteiger partial charge < -0.3 is 14.5 Å². The van der Waals surface area contributed by atoms with Gasteiger partial charge in [0.15, 0.2) is 6.61 Å². The van der Waals surface area contributed by atoms with Crippen LogP contribution in [0.3, 0.4) is 0 Å². The molecule has 0 aliphatic carbocycles. The van der Waals surface area contributed by atoms with Gasteiger partial charge in [0.2, 0.25) is 0 Å². The number of hydrogen-bond acceptors (Lipinski definition) is 5. The van der Waals surface area contributed by atoms with Crippen LogP contribution in [-0.2, 0) is 9.59 Å². The molecule has 126 valence electrons. The van der Waals surface area contributed by atoms with Crippen molar-refractivity contribution < 1.29 is 23.5 Å². The van der Waals surface area contributed by atoms with E-state index in [-0.39, 0.29) is 13.2 Å². The van der Waals surface area contributed by atoms with Gasteiger partial charge in [-0.05, 0) is 25.1 Å². The fraction of sp³-hybridized carbons (Fsp3) is 0.188. The van der Waals surface area contributed by atoms with Gasteiger partial charge in [0, 0.05) is 0 Å². The number of furan rings is 1. The lowest BCUT2D eigenvalue weighted by molar-refractivity contribution is -0.127. The molecule has 2 rings (SSSR count). The summed E-state index contributed by atoms with van der Waals surface area (Å²) in [7, 11) is 0. The number of hydrogen-bond donors (Lipinski definition) is 3. The van der Waals surface area contributed by atoms with Crippen molar-refractivity contribution >= 4 is 17.7 Å². The Morgan fingerprint density at radius 1 is 1.04 bits per heavy atom. The molecule has 24 heavy (non-hydrogen) atoms. The molecular weight excluding hydrogens is 314 g/mol. The van der Waals surface area contributed by atoms with E-state index < -0.39 is 17.7 Å². The summed E-state index contributed by atoms with van der Waals surface area (Å²) in [5, 5.41) is 2.38. The Kier molecular flexibility index (Phi) is 5.95. The molecule has 8 nitrogen and oxygen atoms in total. The van der Waals surface area contributed by atoms with Gasteiger partial charge in [-0.2, -0.15) is 0 Å². The molecule has 3 amide bonds. The summed E-state index contributed by atoms with van der Waals surface area (Å²) in [6, 6.07) is 10.3. The van der Waals surface area contributed by atoms with Crippen molar-refractivity contribution in [1.82, 2.24) is 16.2 Å². The van der Waals surface area contributed by atoms with Crippen LogP contribution < -0.4 is 20.9 Å². The Morgan fingerprint density at radius 2 is 1.79 bits per heavy atom. The van der Waals surface area contributed by atoms with Gasteiger partial charge in [-0.3, -0.25) is 25.2 Å². The molecule has 0 saturated carbocycles. The van der Waals surface area contributed by atoms with Gasteiger partial charge in [0.25, 0.3) is 17.7 Å². The lowest BCUT2D eigenvalue weighted by Crippen LogP contribution is -2.47. The zero-order valence-electron chi connectivity index (χ0n) is 13.0. The molecule has 0 saturated heterocycles. The summed E-state index contributed by atoms with van der Waals surface area (Å²) in [4.78, 5) is 34.9. The average Bonchev–Trinajstić information content (AvgIpc) is 3.03. The van der Waals surface area contributed by atoms with Crippen LogP contribution in [0.15, 0.2) is 47.1 Å². The molecular formula is C16H17N3O5. The maximum absolute atomic E-state index is 11.7. The monoisotopic (exact) mass is 331 g/mol. The fourth-order valence-corrected chi connectivity index (χ4v) is 1.75. The van der Waals surface area contributed by atoms with E-state index in [1.54, 1.807) is 31.2 Å². The molecule has 0 unspecified atom stereocenters. The number of benzene rings is 1. The summed E-state index contributed by atoms with van der Waals surface area (Å²) in [5.74, 6) is -0.537. The van der Waals surface area contributed by atoms with Gasteiger partial charge in [-0.15, -0.1) is 0 Å². The number of rotatable bonds is 6. The van der Waals surface area contributed by atoms with Crippen LogP contribution >= 0.6 is 0 Å². The van der Waals surface area contributed by atoms with Gasteiger partial charge in [0.1, 0.15) is 11.5 Å². The number of nitrogens with one attached hydrogen (secondary N) is 3. The Morgan fingerprint density at radius 3 is 2.46 bits per heavy atom. The molecule has 1 aromatic heterocycles. The first-order valence-corrected chi connectivity index (χ1v) is 7.14. The molecule has 0 fully saturated rings. The average molecular weight is 331 g/mol. The summed E-state index contributed by atoms with van der Waals surface area (Å²) in [6.45, 7) is 1.13. The summed E-state index contributed by atoms with van der Waals surface area (Å²) < 4.78 is 10.2. The Hall–Kier alpha value is -3.29. The molecule has 2 aromatic rings. The standard InChI is InChI=1S/C16H17N3O5/c1-11-13(7-8-23-11)16(22)19-18-14(20)9-17-15(21)10-24-12-5-3-2-4-6-12/h2-8H,9-10H2,1H3,(H,17,21)(H,18,20)(H,19,22).